The van der Waals surface area contributed by atoms with Gasteiger partial charge in [-0.05, 0) is 12.1 Å². The van der Waals surface area contributed by atoms with Crippen molar-refractivity contribution in [1.29, 1.82) is 0 Å². The summed E-state index contributed by atoms with van der Waals surface area (Å²) in [5.74, 6) is 1.84. The highest BCUT2D eigenvalue weighted by molar-refractivity contribution is 7.13. The van der Waals surface area contributed by atoms with Crippen LogP contribution in [0.4, 0.5) is 0 Å². The van der Waals surface area contributed by atoms with Gasteiger partial charge in [-0.3, -0.25) is 0 Å². The summed E-state index contributed by atoms with van der Waals surface area (Å²) in [6.45, 7) is 0. The second-order valence-electron chi connectivity index (χ2n) is 3.21. The van der Waals surface area contributed by atoms with Crippen molar-refractivity contribution in [2.24, 2.45) is 0 Å². The Morgan fingerprint density at radius 1 is 1.06 bits per heavy atom. The molecule has 1 heterocycles. The van der Waals surface area contributed by atoms with Gasteiger partial charge in [-0.15, -0.1) is 11.3 Å². The second kappa shape index (κ2) is 5.05. The predicted molar refractivity (Wildman–Crippen MR) is 66.0 cm³/mol. The second-order valence-corrected chi connectivity index (χ2v) is 4.06. The number of hydrogen-bond acceptors (Lipinski definition) is 5. The van der Waals surface area contributed by atoms with E-state index in [1.807, 2.05) is 12.1 Å². The zero-order valence-electron chi connectivity index (χ0n) is 9.81. The third-order valence-corrected chi connectivity index (χ3v) is 3.09. The third kappa shape index (κ3) is 2.19. The summed E-state index contributed by atoms with van der Waals surface area (Å²) < 4.78 is 15.8. The summed E-state index contributed by atoms with van der Waals surface area (Å²) in [5.41, 5.74) is 2.68. The number of ether oxygens (including phenoxy) is 3. The van der Waals surface area contributed by atoms with Crippen molar-refractivity contribution in [1.82, 2.24) is 4.98 Å². The lowest BCUT2D eigenvalue weighted by Gasteiger charge is -2.13. The quantitative estimate of drug-likeness (QED) is 0.836. The van der Waals surface area contributed by atoms with Gasteiger partial charge < -0.3 is 14.2 Å². The summed E-state index contributed by atoms with van der Waals surface area (Å²) in [5, 5.41) is 0. The Bertz CT molecular complexity index is 471. The molecule has 0 spiro atoms. The number of thiazole rings is 1. The van der Waals surface area contributed by atoms with Gasteiger partial charge in [-0.2, -0.15) is 0 Å². The van der Waals surface area contributed by atoms with Crippen LogP contribution in [0.2, 0.25) is 0 Å². The van der Waals surface area contributed by atoms with Crippen molar-refractivity contribution in [2.75, 3.05) is 21.3 Å². The molecule has 0 amide bonds. The maximum atomic E-state index is 5.28. The number of nitrogens with zero attached hydrogens (tertiary/aromatic N) is 1. The van der Waals surface area contributed by atoms with Gasteiger partial charge in [0.2, 0.25) is 5.75 Å². The first kappa shape index (κ1) is 11.7. The van der Waals surface area contributed by atoms with Crippen LogP contribution in [0.15, 0.2) is 17.6 Å². The van der Waals surface area contributed by atoms with Crippen LogP contribution in [0, 0.1) is 6.20 Å². The first-order valence-corrected chi connectivity index (χ1v) is 5.79. The van der Waals surface area contributed by atoms with E-state index >= 15 is 0 Å². The van der Waals surface area contributed by atoms with Gasteiger partial charge in [0.25, 0.3) is 0 Å². The van der Waals surface area contributed by atoms with Crippen LogP contribution in [0.3, 0.4) is 0 Å². The summed E-state index contributed by atoms with van der Waals surface area (Å²) in [7, 11) is 4.77. The van der Waals surface area contributed by atoms with Crippen LogP contribution in [-0.4, -0.2) is 26.3 Å². The lowest BCUT2D eigenvalue weighted by molar-refractivity contribution is 0.324. The monoisotopic (exact) mass is 250 g/mol. The maximum Gasteiger partial charge on any atom is 0.203 e. The molecule has 0 saturated carbocycles. The molecule has 89 valence electrons. The first-order chi connectivity index (χ1) is 8.30. The van der Waals surface area contributed by atoms with E-state index in [1.54, 1.807) is 26.8 Å². The minimum atomic E-state index is 0.586. The molecule has 0 bridgehead atoms. The lowest BCUT2D eigenvalue weighted by atomic mass is 10.1. The van der Waals surface area contributed by atoms with E-state index in [9.17, 15) is 0 Å². The van der Waals surface area contributed by atoms with E-state index in [-0.39, 0.29) is 0 Å². The van der Waals surface area contributed by atoms with Crippen molar-refractivity contribution in [2.45, 2.75) is 0 Å². The fraction of sp³-hybridized carbons (Fsp3) is 0.250. The van der Waals surface area contributed by atoms with Gasteiger partial charge in [-0.1, -0.05) is 0 Å². The Labute approximate surface area is 104 Å². The topological polar surface area (TPSA) is 40.6 Å². The minimum absolute atomic E-state index is 0.586. The number of aromatic nitrogens is 1. The molecule has 0 saturated heterocycles. The highest BCUT2D eigenvalue weighted by atomic mass is 32.1. The molecule has 0 atom stereocenters. The molecule has 0 aliphatic rings. The van der Waals surface area contributed by atoms with Crippen LogP contribution in [-0.2, 0) is 0 Å². The number of benzene rings is 1. The van der Waals surface area contributed by atoms with Gasteiger partial charge in [0, 0.05) is 5.56 Å². The van der Waals surface area contributed by atoms with Crippen molar-refractivity contribution in [3.8, 4) is 27.7 Å². The van der Waals surface area contributed by atoms with Crippen LogP contribution >= 0.6 is 11.3 Å². The number of hydrogen-bond donors (Lipinski definition) is 0. The van der Waals surface area contributed by atoms with Gasteiger partial charge in [-0.25, -0.2) is 4.98 Å². The van der Waals surface area contributed by atoms with E-state index in [0.717, 1.165) is 10.4 Å². The van der Waals surface area contributed by atoms with Crippen molar-refractivity contribution < 1.29 is 14.2 Å². The highest BCUT2D eigenvalue weighted by Gasteiger charge is 2.14. The van der Waals surface area contributed by atoms with Gasteiger partial charge in [0.1, 0.15) is 6.20 Å². The molecule has 0 N–H and O–H groups in total. The van der Waals surface area contributed by atoms with E-state index in [1.165, 1.54) is 11.3 Å². The number of rotatable bonds is 4. The van der Waals surface area contributed by atoms with Crippen molar-refractivity contribution >= 4 is 11.3 Å². The zero-order valence-corrected chi connectivity index (χ0v) is 10.6. The average Bonchev–Trinajstić information content (AvgIpc) is 2.90. The van der Waals surface area contributed by atoms with Crippen LogP contribution in [0.1, 0.15) is 0 Å². The van der Waals surface area contributed by atoms with Crippen molar-refractivity contribution in [3.63, 3.8) is 0 Å². The fourth-order valence-corrected chi connectivity index (χ4v) is 2.11. The first-order valence-electron chi connectivity index (χ1n) is 4.91. The van der Waals surface area contributed by atoms with Crippen molar-refractivity contribution in [3.05, 3.63) is 23.8 Å². The van der Waals surface area contributed by atoms with Crippen LogP contribution < -0.4 is 14.2 Å². The summed E-state index contributed by atoms with van der Waals surface area (Å²) in [4.78, 5) is 4.87. The van der Waals surface area contributed by atoms with Gasteiger partial charge in [0.05, 0.1) is 31.7 Å². The normalized spacial score (nSPS) is 10.1. The van der Waals surface area contributed by atoms with E-state index in [2.05, 4.69) is 11.2 Å². The molecule has 2 rings (SSSR count). The molecule has 4 nitrogen and oxygen atoms in total. The summed E-state index contributed by atoms with van der Waals surface area (Å²) >= 11 is 1.51. The van der Waals surface area contributed by atoms with Gasteiger partial charge >= 0.3 is 0 Å². The summed E-state index contributed by atoms with van der Waals surface area (Å²) in [6, 6.07) is 3.76. The molecule has 0 unspecified atom stereocenters. The van der Waals surface area contributed by atoms with E-state index < -0.39 is 0 Å². The smallest absolute Gasteiger partial charge is 0.203 e. The molecule has 0 fully saturated rings. The third-order valence-electron chi connectivity index (χ3n) is 2.32. The Morgan fingerprint density at radius 2 is 1.71 bits per heavy atom. The molecular formula is C12H12NO3S. The zero-order chi connectivity index (χ0) is 12.3. The van der Waals surface area contributed by atoms with Crippen LogP contribution in [0.25, 0.3) is 10.4 Å². The molecule has 0 aliphatic carbocycles. The van der Waals surface area contributed by atoms with Crippen LogP contribution in [0.5, 0.6) is 17.2 Å². The molecule has 1 aromatic carbocycles. The van der Waals surface area contributed by atoms with E-state index in [4.69, 9.17) is 14.2 Å². The fourth-order valence-electron chi connectivity index (χ4n) is 1.54. The Kier molecular flexibility index (Phi) is 3.49. The predicted octanol–water partition coefficient (Wildman–Crippen LogP) is 2.64. The maximum absolute atomic E-state index is 5.28. The Morgan fingerprint density at radius 3 is 2.12 bits per heavy atom. The molecule has 5 heteroatoms. The highest BCUT2D eigenvalue weighted by Crippen LogP contribution is 2.41. The molecule has 0 aliphatic heterocycles. The Hall–Kier alpha value is -1.75. The molecular weight excluding hydrogens is 238 g/mol. The molecule has 2 aromatic rings. The number of methoxy groups -OCH3 is 3. The lowest BCUT2D eigenvalue weighted by Crippen LogP contribution is -1.95. The van der Waals surface area contributed by atoms with E-state index in [0.29, 0.717) is 17.2 Å². The SMILES string of the molecule is COc1cc(-c2[c]ncs2)cc(OC)c1OC. The molecule has 1 radical (unpaired) electrons. The largest absolute Gasteiger partial charge is 0.493 e. The average molecular weight is 250 g/mol. The molecule has 1 aromatic heterocycles. The molecule has 17 heavy (non-hydrogen) atoms. The summed E-state index contributed by atoms with van der Waals surface area (Å²) in [6.07, 6.45) is 2.91. The Balaban J connectivity index is 2.56. The van der Waals surface area contributed by atoms with Gasteiger partial charge in [0.15, 0.2) is 11.5 Å². The minimum Gasteiger partial charge on any atom is -0.493 e. The standard InChI is InChI=1S/C12H12NO3S/c1-14-9-4-8(11-6-13-7-17-11)5-10(15-2)12(9)16-3/h4-5,7H,1-3H3.